The van der Waals surface area contributed by atoms with Gasteiger partial charge in [0.2, 0.25) is 0 Å². The summed E-state index contributed by atoms with van der Waals surface area (Å²) in [5.74, 6) is 0. The van der Waals surface area contributed by atoms with Crippen LogP contribution in [0.1, 0.15) is 53.4 Å². The molecule has 112 valence electrons. The zero-order valence-corrected chi connectivity index (χ0v) is 12.5. The van der Waals surface area contributed by atoms with Crippen molar-refractivity contribution in [3.8, 4) is 0 Å². The van der Waals surface area contributed by atoms with Crippen LogP contribution in [0, 0.1) is 0 Å². The van der Waals surface area contributed by atoms with Crippen molar-refractivity contribution >= 4 is 0 Å². The molecule has 0 heterocycles. The molecule has 0 bridgehead atoms. The summed E-state index contributed by atoms with van der Waals surface area (Å²) in [6, 6.07) is 0. The topological polar surface area (TPSA) is 136 Å². The van der Waals surface area contributed by atoms with E-state index in [0.717, 1.165) is 51.9 Å². The minimum Gasteiger partial charge on any atom is -0.412 e. The van der Waals surface area contributed by atoms with E-state index in [1.54, 1.807) is 0 Å². The van der Waals surface area contributed by atoms with Crippen molar-refractivity contribution in [1.29, 1.82) is 0 Å². The Morgan fingerprint density at radius 2 is 0.529 bits per heavy atom. The highest BCUT2D eigenvalue weighted by Crippen LogP contribution is 1.58. The van der Waals surface area contributed by atoms with Crippen molar-refractivity contribution in [2.75, 3.05) is 26.2 Å². The summed E-state index contributed by atoms with van der Waals surface area (Å²) in [7, 11) is 0. The maximum atomic E-state index is 5.03. The molecule has 17 heavy (non-hydrogen) atoms. The van der Waals surface area contributed by atoms with Gasteiger partial charge in [-0.15, -0.1) is 0 Å². The predicted molar refractivity (Wildman–Crippen MR) is 81.0 cm³/mol. The number of nitrogens with two attached hydrogens (primary N) is 4. The fourth-order valence-electron chi connectivity index (χ4n) is 0. The standard InChI is InChI=1S/4C3H9N.H2O/c4*1-2-3-4;/h4*2-4H2,1H3;1H2. The van der Waals surface area contributed by atoms with Gasteiger partial charge in [0, 0.05) is 0 Å². The van der Waals surface area contributed by atoms with E-state index in [1.807, 2.05) is 0 Å². The zero-order chi connectivity index (χ0) is 13.7. The van der Waals surface area contributed by atoms with E-state index < -0.39 is 0 Å². The lowest BCUT2D eigenvalue weighted by Gasteiger charge is -1.70. The third kappa shape index (κ3) is 208. The highest BCUT2D eigenvalue weighted by molar-refractivity contribution is 4.20. The van der Waals surface area contributed by atoms with Crippen molar-refractivity contribution < 1.29 is 5.48 Å². The van der Waals surface area contributed by atoms with Crippen LogP contribution in [-0.4, -0.2) is 31.7 Å². The van der Waals surface area contributed by atoms with Gasteiger partial charge in [0.1, 0.15) is 0 Å². The van der Waals surface area contributed by atoms with Crippen LogP contribution in [0.4, 0.5) is 0 Å². The van der Waals surface area contributed by atoms with Crippen LogP contribution in [-0.2, 0) is 0 Å². The second-order valence-electron chi connectivity index (χ2n) is 3.15. The average Bonchev–Trinajstić information content (AvgIpc) is 2.39. The van der Waals surface area contributed by atoms with Crippen LogP contribution in [0.15, 0.2) is 0 Å². The van der Waals surface area contributed by atoms with Gasteiger partial charge < -0.3 is 28.4 Å². The molecule has 0 saturated heterocycles. The Balaban J connectivity index is -0.0000000369. The summed E-state index contributed by atoms with van der Waals surface area (Å²) in [5.41, 5.74) is 20.1. The molecule has 0 fully saturated rings. The first-order chi connectivity index (χ1) is 7.66. The molecule has 0 aliphatic heterocycles. The van der Waals surface area contributed by atoms with Gasteiger partial charge in [0.15, 0.2) is 0 Å². The molecule has 0 amide bonds. The molecule has 0 aromatic rings. The van der Waals surface area contributed by atoms with Crippen LogP contribution >= 0.6 is 0 Å². The van der Waals surface area contributed by atoms with Gasteiger partial charge in [-0.2, -0.15) is 0 Å². The van der Waals surface area contributed by atoms with Crippen molar-refractivity contribution in [3.05, 3.63) is 0 Å². The summed E-state index contributed by atoms with van der Waals surface area (Å²) in [5, 5.41) is 0. The smallest absolute Gasteiger partial charge is 0.00799 e. The lowest BCUT2D eigenvalue weighted by atomic mass is 10.5. The van der Waals surface area contributed by atoms with Crippen molar-refractivity contribution in [3.63, 3.8) is 0 Å². The first-order valence-electron chi connectivity index (χ1n) is 6.46. The molecule has 0 unspecified atom stereocenters. The monoisotopic (exact) mass is 254 g/mol. The highest BCUT2D eigenvalue weighted by atomic mass is 16.0. The quantitative estimate of drug-likeness (QED) is 0.584. The van der Waals surface area contributed by atoms with E-state index in [1.165, 1.54) is 0 Å². The molecule has 0 saturated carbocycles. The zero-order valence-electron chi connectivity index (χ0n) is 12.5. The fraction of sp³-hybridized carbons (Fsp3) is 1.00. The second kappa shape index (κ2) is 56.9. The Kier molecular flexibility index (Phi) is 101. The minimum absolute atomic E-state index is 0. The van der Waals surface area contributed by atoms with E-state index >= 15 is 0 Å². The maximum absolute atomic E-state index is 5.03. The molecule has 0 aromatic carbocycles. The molecule has 0 spiro atoms. The van der Waals surface area contributed by atoms with Crippen LogP contribution < -0.4 is 22.9 Å². The van der Waals surface area contributed by atoms with Crippen LogP contribution in [0.25, 0.3) is 0 Å². The lowest BCUT2D eigenvalue weighted by molar-refractivity contribution is 0.824. The fourth-order valence-corrected chi connectivity index (χ4v) is 0. The third-order valence-corrected chi connectivity index (χ3v) is 1.15. The normalized spacial score (nSPS) is 7.06. The summed E-state index contributed by atoms with van der Waals surface area (Å²) in [4.78, 5) is 0. The van der Waals surface area contributed by atoms with Crippen LogP contribution in [0.3, 0.4) is 0 Å². The molecule has 0 aliphatic carbocycles. The summed E-state index contributed by atoms with van der Waals surface area (Å²) in [6.07, 6.45) is 4.39. The molecule has 0 aliphatic rings. The molecule has 0 atom stereocenters. The first kappa shape index (κ1) is 30.1. The Bertz CT molecular complexity index is 42.5. The largest absolute Gasteiger partial charge is 0.412 e. The highest BCUT2D eigenvalue weighted by Gasteiger charge is 1.56. The van der Waals surface area contributed by atoms with Crippen molar-refractivity contribution in [2.24, 2.45) is 22.9 Å². The van der Waals surface area contributed by atoms with Gasteiger partial charge in [0.25, 0.3) is 0 Å². The van der Waals surface area contributed by atoms with E-state index in [4.69, 9.17) is 22.9 Å². The van der Waals surface area contributed by atoms with E-state index in [-0.39, 0.29) is 5.48 Å². The minimum atomic E-state index is 0. The Morgan fingerprint density at radius 1 is 0.471 bits per heavy atom. The molecule has 0 radical (unpaired) electrons. The summed E-state index contributed by atoms with van der Waals surface area (Å²) >= 11 is 0. The van der Waals surface area contributed by atoms with E-state index in [9.17, 15) is 0 Å². The Hall–Kier alpha value is -0.200. The van der Waals surface area contributed by atoms with E-state index in [0.29, 0.717) is 0 Å². The maximum Gasteiger partial charge on any atom is -0.00799 e. The summed E-state index contributed by atoms with van der Waals surface area (Å²) < 4.78 is 0. The van der Waals surface area contributed by atoms with E-state index in [2.05, 4.69) is 27.7 Å². The van der Waals surface area contributed by atoms with Crippen molar-refractivity contribution in [1.82, 2.24) is 0 Å². The van der Waals surface area contributed by atoms with Gasteiger partial charge in [-0.3, -0.25) is 0 Å². The second-order valence-corrected chi connectivity index (χ2v) is 3.15. The SMILES string of the molecule is CCCN.CCCN.CCCN.CCCN.O. The van der Waals surface area contributed by atoms with Crippen LogP contribution in [0.2, 0.25) is 0 Å². The predicted octanol–water partition coefficient (Wildman–Crippen LogP) is 0.596. The first-order valence-corrected chi connectivity index (χ1v) is 6.46. The van der Waals surface area contributed by atoms with Gasteiger partial charge in [-0.1, -0.05) is 27.7 Å². The molecule has 0 rings (SSSR count). The van der Waals surface area contributed by atoms with Crippen molar-refractivity contribution in [2.45, 2.75) is 53.4 Å². The lowest BCUT2D eigenvalue weighted by Crippen LogP contribution is -1.93. The average molecular weight is 254 g/mol. The number of rotatable bonds is 4. The summed E-state index contributed by atoms with van der Waals surface area (Å²) in [6.45, 7) is 11.5. The van der Waals surface area contributed by atoms with Gasteiger partial charge in [-0.25, -0.2) is 0 Å². The van der Waals surface area contributed by atoms with Gasteiger partial charge >= 0.3 is 0 Å². The van der Waals surface area contributed by atoms with Gasteiger partial charge in [-0.05, 0) is 51.9 Å². The number of hydrogen-bond acceptors (Lipinski definition) is 4. The molecule has 5 heteroatoms. The van der Waals surface area contributed by atoms with Crippen LogP contribution in [0.5, 0.6) is 0 Å². The molecule has 5 nitrogen and oxygen atoms in total. The molecular weight excluding hydrogens is 216 g/mol. The molecule has 0 aromatic heterocycles. The Labute approximate surface area is 109 Å². The number of hydrogen-bond donors (Lipinski definition) is 4. The third-order valence-electron chi connectivity index (χ3n) is 1.15. The Morgan fingerprint density at radius 3 is 0.529 bits per heavy atom. The molecular formula is C12H38N4O. The molecule has 10 N–H and O–H groups in total. The van der Waals surface area contributed by atoms with Gasteiger partial charge in [0.05, 0.1) is 0 Å².